The number of pyridine rings is 1. The van der Waals surface area contributed by atoms with Crippen LogP contribution in [-0.2, 0) is 12.4 Å². The van der Waals surface area contributed by atoms with E-state index in [0.29, 0.717) is 23.9 Å². The molecule has 0 fully saturated rings. The highest BCUT2D eigenvalue weighted by Crippen LogP contribution is 2.29. The molecule has 0 amide bonds. The summed E-state index contributed by atoms with van der Waals surface area (Å²) in [6.45, 7) is 0.548. The second-order valence-corrected chi connectivity index (χ2v) is 4.45. The van der Waals surface area contributed by atoms with Crippen LogP contribution in [-0.4, -0.2) is 19.2 Å². The number of methoxy groups -OCH3 is 2. The highest BCUT2D eigenvalue weighted by atomic mass is 35.5. The molecule has 0 radical (unpaired) electrons. The fourth-order valence-corrected chi connectivity index (χ4v) is 2.09. The van der Waals surface area contributed by atoms with E-state index in [0.717, 1.165) is 16.9 Å². The minimum Gasteiger partial charge on any atom is -0.493 e. The molecule has 1 N–H and O–H groups in total. The molecule has 1 aromatic heterocycles. The van der Waals surface area contributed by atoms with Gasteiger partial charge in [-0.15, -0.1) is 11.6 Å². The van der Waals surface area contributed by atoms with Crippen LogP contribution in [0.2, 0.25) is 0 Å². The highest BCUT2D eigenvalue weighted by Gasteiger charge is 2.10. The van der Waals surface area contributed by atoms with Crippen molar-refractivity contribution in [2.24, 2.45) is 0 Å². The average molecular weight is 293 g/mol. The van der Waals surface area contributed by atoms with Gasteiger partial charge in [0.1, 0.15) is 5.69 Å². The van der Waals surface area contributed by atoms with Crippen molar-refractivity contribution in [3.8, 4) is 11.5 Å². The van der Waals surface area contributed by atoms with Gasteiger partial charge in [0, 0.05) is 23.8 Å². The maximum absolute atomic E-state index is 5.83. The molecule has 0 bridgehead atoms. The number of nitrogens with one attached hydrogen (secondary N) is 1. The summed E-state index contributed by atoms with van der Waals surface area (Å²) >= 11 is 5.83. The number of benzene rings is 1. The van der Waals surface area contributed by atoms with Crippen LogP contribution in [0.15, 0.2) is 36.5 Å². The summed E-state index contributed by atoms with van der Waals surface area (Å²) in [5.74, 6) is 1.82. The maximum Gasteiger partial charge on any atom is 0.184 e. The van der Waals surface area contributed by atoms with Gasteiger partial charge in [0.25, 0.3) is 0 Å². The number of halogens is 1. The van der Waals surface area contributed by atoms with Crippen LogP contribution in [0, 0.1) is 0 Å². The fourth-order valence-electron chi connectivity index (χ4n) is 1.93. The third-order valence-corrected chi connectivity index (χ3v) is 3.22. The van der Waals surface area contributed by atoms with Crippen molar-refractivity contribution >= 4 is 17.3 Å². The van der Waals surface area contributed by atoms with E-state index < -0.39 is 0 Å². The van der Waals surface area contributed by atoms with Gasteiger partial charge < -0.3 is 14.8 Å². The van der Waals surface area contributed by atoms with E-state index >= 15 is 0 Å². The van der Waals surface area contributed by atoms with Crippen molar-refractivity contribution < 1.29 is 9.47 Å². The van der Waals surface area contributed by atoms with Crippen molar-refractivity contribution in [3.63, 3.8) is 0 Å². The SMILES string of the molecule is COc1ccnc(CNc2cccc(CCl)c2)c1OC. The lowest BCUT2D eigenvalue weighted by atomic mass is 10.2. The first-order chi connectivity index (χ1) is 9.78. The van der Waals surface area contributed by atoms with Crippen LogP contribution in [0.25, 0.3) is 0 Å². The molecule has 1 aromatic carbocycles. The lowest BCUT2D eigenvalue weighted by Gasteiger charge is -2.13. The number of anilines is 1. The molecule has 20 heavy (non-hydrogen) atoms. The van der Waals surface area contributed by atoms with Gasteiger partial charge in [-0.1, -0.05) is 12.1 Å². The van der Waals surface area contributed by atoms with Crippen LogP contribution in [0.4, 0.5) is 5.69 Å². The minimum atomic E-state index is 0.496. The van der Waals surface area contributed by atoms with Crippen molar-refractivity contribution in [2.45, 2.75) is 12.4 Å². The number of ether oxygens (including phenoxy) is 2. The summed E-state index contributed by atoms with van der Waals surface area (Å²) in [6, 6.07) is 9.73. The maximum atomic E-state index is 5.83. The van der Waals surface area contributed by atoms with E-state index in [9.17, 15) is 0 Å². The Balaban J connectivity index is 2.14. The summed E-state index contributed by atoms with van der Waals surface area (Å²) in [6.07, 6.45) is 1.70. The molecule has 0 aliphatic carbocycles. The van der Waals surface area contributed by atoms with Gasteiger partial charge in [-0.05, 0) is 17.7 Å². The number of nitrogens with zero attached hydrogens (tertiary/aromatic N) is 1. The minimum absolute atomic E-state index is 0.496. The molecular formula is C15H17ClN2O2. The molecule has 0 aliphatic heterocycles. The van der Waals surface area contributed by atoms with Crippen LogP contribution in [0.5, 0.6) is 11.5 Å². The van der Waals surface area contributed by atoms with Gasteiger partial charge in [0.05, 0.1) is 20.8 Å². The Morgan fingerprint density at radius 1 is 1.20 bits per heavy atom. The molecule has 2 rings (SSSR count). The van der Waals surface area contributed by atoms with Crippen LogP contribution >= 0.6 is 11.6 Å². The van der Waals surface area contributed by atoms with E-state index in [1.54, 1.807) is 26.5 Å². The van der Waals surface area contributed by atoms with E-state index in [4.69, 9.17) is 21.1 Å². The van der Waals surface area contributed by atoms with Gasteiger partial charge in [0.15, 0.2) is 11.5 Å². The zero-order chi connectivity index (χ0) is 14.4. The first-order valence-electron chi connectivity index (χ1n) is 6.23. The van der Waals surface area contributed by atoms with Crippen LogP contribution in [0.3, 0.4) is 0 Å². The van der Waals surface area contributed by atoms with Crippen molar-refractivity contribution in [3.05, 3.63) is 47.8 Å². The van der Waals surface area contributed by atoms with E-state index in [1.165, 1.54) is 0 Å². The number of alkyl halides is 1. The molecular weight excluding hydrogens is 276 g/mol. The number of hydrogen-bond donors (Lipinski definition) is 1. The summed E-state index contributed by atoms with van der Waals surface area (Å²) in [5.41, 5.74) is 2.86. The second-order valence-electron chi connectivity index (χ2n) is 4.18. The quantitative estimate of drug-likeness (QED) is 0.828. The van der Waals surface area contributed by atoms with Gasteiger partial charge >= 0.3 is 0 Å². The van der Waals surface area contributed by atoms with E-state index in [1.807, 2.05) is 24.3 Å². The molecule has 0 saturated carbocycles. The summed E-state index contributed by atoms with van der Waals surface area (Å²) in [4.78, 5) is 4.32. The molecule has 0 spiro atoms. The summed E-state index contributed by atoms with van der Waals surface area (Å²) < 4.78 is 10.6. The third kappa shape index (κ3) is 3.33. The average Bonchev–Trinajstić information content (AvgIpc) is 2.52. The van der Waals surface area contributed by atoms with Gasteiger partial charge in [-0.3, -0.25) is 4.98 Å². The van der Waals surface area contributed by atoms with Gasteiger partial charge in [0.2, 0.25) is 0 Å². The molecule has 0 saturated heterocycles. The zero-order valence-corrected chi connectivity index (χ0v) is 12.3. The van der Waals surface area contributed by atoms with Crippen LogP contribution in [0.1, 0.15) is 11.3 Å². The van der Waals surface area contributed by atoms with E-state index in [-0.39, 0.29) is 0 Å². The zero-order valence-electron chi connectivity index (χ0n) is 11.5. The van der Waals surface area contributed by atoms with Gasteiger partial charge in [-0.25, -0.2) is 0 Å². The number of aromatic nitrogens is 1. The lowest BCUT2D eigenvalue weighted by molar-refractivity contribution is 0.350. The second kappa shape index (κ2) is 7.01. The molecule has 0 unspecified atom stereocenters. The number of hydrogen-bond acceptors (Lipinski definition) is 4. The smallest absolute Gasteiger partial charge is 0.184 e. The number of rotatable bonds is 6. The Kier molecular flexibility index (Phi) is 5.07. The van der Waals surface area contributed by atoms with Crippen molar-refractivity contribution in [1.82, 2.24) is 4.98 Å². The molecule has 106 valence electrons. The van der Waals surface area contributed by atoms with Gasteiger partial charge in [-0.2, -0.15) is 0 Å². The normalized spacial score (nSPS) is 10.2. The first-order valence-corrected chi connectivity index (χ1v) is 6.76. The molecule has 0 atom stereocenters. The predicted octanol–water partition coefficient (Wildman–Crippen LogP) is 3.45. The summed E-state index contributed by atoms with van der Waals surface area (Å²) in [5, 5.41) is 3.30. The Labute approximate surface area is 123 Å². The Morgan fingerprint density at radius 3 is 2.75 bits per heavy atom. The summed E-state index contributed by atoms with van der Waals surface area (Å²) in [7, 11) is 3.22. The van der Waals surface area contributed by atoms with Crippen LogP contribution < -0.4 is 14.8 Å². The molecule has 4 nitrogen and oxygen atoms in total. The predicted molar refractivity (Wildman–Crippen MR) is 80.7 cm³/mol. The largest absolute Gasteiger partial charge is 0.493 e. The molecule has 5 heteroatoms. The molecule has 0 aliphatic rings. The fraction of sp³-hybridized carbons (Fsp3) is 0.267. The topological polar surface area (TPSA) is 43.4 Å². The monoisotopic (exact) mass is 292 g/mol. The standard InChI is InChI=1S/C15H17ClN2O2/c1-19-14-6-7-17-13(15(14)20-2)10-18-12-5-3-4-11(8-12)9-16/h3-8,18H,9-10H2,1-2H3. The third-order valence-electron chi connectivity index (χ3n) is 2.91. The van der Waals surface area contributed by atoms with E-state index in [2.05, 4.69) is 10.3 Å². The lowest BCUT2D eigenvalue weighted by Crippen LogP contribution is -2.05. The Hall–Kier alpha value is -1.94. The molecule has 1 heterocycles. The Bertz CT molecular complexity index is 576. The first kappa shape index (κ1) is 14.5. The highest BCUT2D eigenvalue weighted by molar-refractivity contribution is 6.17. The molecule has 2 aromatic rings. The van der Waals surface area contributed by atoms with Crippen molar-refractivity contribution in [1.29, 1.82) is 0 Å². The Morgan fingerprint density at radius 2 is 2.05 bits per heavy atom. The van der Waals surface area contributed by atoms with Crippen molar-refractivity contribution in [2.75, 3.05) is 19.5 Å².